The number of aliphatic hydroxyl groups is 1. The van der Waals surface area contributed by atoms with Gasteiger partial charge in [-0.2, -0.15) is 0 Å². The van der Waals surface area contributed by atoms with Gasteiger partial charge in [0.15, 0.2) is 6.10 Å². The molecule has 0 aliphatic heterocycles. The van der Waals surface area contributed by atoms with Gasteiger partial charge in [0.1, 0.15) is 12.7 Å². The Labute approximate surface area is 438 Å². The molecule has 3 unspecified atom stereocenters. The fraction of sp³-hybridized carbons (Fsp3) is 0.683. The van der Waals surface area contributed by atoms with Gasteiger partial charge >= 0.3 is 25.7 Å². The fourth-order valence-corrected chi connectivity index (χ4v) is 8.02. The molecule has 0 aromatic carbocycles. The summed E-state index contributed by atoms with van der Waals surface area (Å²) in [6.45, 7) is 4.38. The van der Waals surface area contributed by atoms with Crippen molar-refractivity contribution in [2.45, 2.75) is 238 Å². The van der Waals surface area contributed by atoms with Gasteiger partial charge in [0, 0.05) is 19.3 Å². The SMILES string of the molecule is CC/C=C\C/C=C\C/C=C\C/C=C\C/C=C\C/C=C\CCC(=O)OC(COC(=O)CCCCCCCCC/C=C\C/C=C\CCCCC)COP(=O)(O)OCC(CO)OC(=O)CCCCCCCCCCC. The summed E-state index contributed by atoms with van der Waals surface area (Å²) in [7, 11) is -4.77. The normalized spacial score (nSPS) is 14.1. The van der Waals surface area contributed by atoms with E-state index in [1.54, 1.807) is 0 Å². The van der Waals surface area contributed by atoms with E-state index >= 15 is 0 Å². The highest BCUT2D eigenvalue weighted by atomic mass is 31.2. The summed E-state index contributed by atoms with van der Waals surface area (Å²) < 4.78 is 39.3. The van der Waals surface area contributed by atoms with Crippen LogP contribution in [0.15, 0.2) is 97.2 Å². The number of phosphoric acid groups is 1. The molecule has 11 nitrogen and oxygen atoms in total. The molecule has 0 fully saturated rings. The van der Waals surface area contributed by atoms with E-state index in [9.17, 15) is 28.9 Å². The minimum Gasteiger partial charge on any atom is -0.462 e. The van der Waals surface area contributed by atoms with Gasteiger partial charge in [-0.1, -0.05) is 214 Å². The van der Waals surface area contributed by atoms with E-state index < -0.39 is 57.8 Å². The number of ether oxygens (including phenoxy) is 3. The van der Waals surface area contributed by atoms with Crippen molar-refractivity contribution in [1.82, 2.24) is 0 Å². The standard InChI is InChI=1S/C60H101O11P/c1-4-7-10-13-16-19-21-23-25-27-28-30-32-34-36-39-42-45-48-51-60(64)71-57(53-67-58(62)49-46-43-40-38-35-33-31-29-26-24-22-20-17-14-11-8-5-2)55-69-72(65,66)68-54-56(52-61)70-59(63)50-47-44-41-37-18-15-12-9-6-3/h7,10,16-17,19-20,23-26,28,30,34,36,42,45,56-57,61H,4-6,8-9,11-15,18,21-22,27,29,31-33,35,37-41,43-44,46-55H2,1-3H3,(H,65,66)/b10-7-,19-16-,20-17-,25-23-,26-24-,30-28-,36-34-,45-42-. The average molecular weight is 1030 g/mol. The van der Waals surface area contributed by atoms with Crippen LogP contribution in [0.3, 0.4) is 0 Å². The summed E-state index contributed by atoms with van der Waals surface area (Å²) in [4.78, 5) is 48.4. The molecule has 0 saturated carbocycles. The Hall–Kier alpha value is -3.60. The van der Waals surface area contributed by atoms with E-state index in [4.69, 9.17) is 23.3 Å². The summed E-state index contributed by atoms with van der Waals surface area (Å²) in [5.74, 6) is -1.58. The van der Waals surface area contributed by atoms with Crippen LogP contribution in [-0.4, -0.2) is 66.5 Å². The molecule has 72 heavy (non-hydrogen) atoms. The lowest BCUT2D eigenvalue weighted by Gasteiger charge is -2.21. The number of hydrogen-bond donors (Lipinski definition) is 2. The molecule has 0 aliphatic carbocycles. The van der Waals surface area contributed by atoms with Gasteiger partial charge in [-0.15, -0.1) is 0 Å². The van der Waals surface area contributed by atoms with Gasteiger partial charge in [0.05, 0.1) is 19.8 Å². The molecule has 2 N–H and O–H groups in total. The van der Waals surface area contributed by atoms with Crippen LogP contribution in [0, 0.1) is 0 Å². The monoisotopic (exact) mass is 1030 g/mol. The molecule has 0 rings (SSSR count). The van der Waals surface area contributed by atoms with E-state index in [-0.39, 0.29) is 25.9 Å². The summed E-state index contributed by atoms with van der Waals surface area (Å²) in [6.07, 6.45) is 62.5. The molecule has 0 amide bonds. The number of carbonyl (C=O) groups is 3. The first kappa shape index (κ1) is 68.4. The Morgan fingerprint density at radius 3 is 1.22 bits per heavy atom. The van der Waals surface area contributed by atoms with Crippen LogP contribution in [0.2, 0.25) is 0 Å². The zero-order chi connectivity index (χ0) is 52.7. The Balaban J connectivity index is 4.86. The zero-order valence-electron chi connectivity index (χ0n) is 45.4. The molecule has 0 bridgehead atoms. The van der Waals surface area contributed by atoms with Crippen molar-refractivity contribution in [3.8, 4) is 0 Å². The second-order valence-electron chi connectivity index (χ2n) is 18.4. The van der Waals surface area contributed by atoms with Gasteiger partial charge < -0.3 is 24.2 Å². The number of allylic oxidation sites excluding steroid dienone is 16. The number of esters is 3. The molecule has 3 atom stereocenters. The van der Waals surface area contributed by atoms with Gasteiger partial charge in [-0.3, -0.25) is 23.4 Å². The van der Waals surface area contributed by atoms with Crippen molar-refractivity contribution in [2.75, 3.05) is 26.4 Å². The molecule has 0 heterocycles. The van der Waals surface area contributed by atoms with Crippen LogP contribution in [0.1, 0.15) is 226 Å². The largest absolute Gasteiger partial charge is 0.472 e. The number of hydrogen-bond acceptors (Lipinski definition) is 10. The van der Waals surface area contributed by atoms with Crippen molar-refractivity contribution in [3.63, 3.8) is 0 Å². The van der Waals surface area contributed by atoms with Crippen LogP contribution in [0.4, 0.5) is 0 Å². The molecular weight excluding hydrogens is 928 g/mol. The molecule has 0 aromatic heterocycles. The third-order valence-corrected chi connectivity index (χ3v) is 12.5. The fourth-order valence-electron chi connectivity index (χ4n) is 7.23. The van der Waals surface area contributed by atoms with Gasteiger partial charge in [0.25, 0.3) is 0 Å². The lowest BCUT2D eigenvalue weighted by molar-refractivity contribution is -0.161. The average Bonchev–Trinajstić information content (AvgIpc) is 3.37. The Kier molecular flexibility index (Phi) is 51.0. The summed E-state index contributed by atoms with van der Waals surface area (Å²) in [5.41, 5.74) is 0. The summed E-state index contributed by atoms with van der Waals surface area (Å²) >= 11 is 0. The topological polar surface area (TPSA) is 155 Å². The third kappa shape index (κ3) is 51.3. The van der Waals surface area contributed by atoms with E-state index in [2.05, 4.69) is 106 Å². The van der Waals surface area contributed by atoms with Crippen molar-refractivity contribution >= 4 is 25.7 Å². The number of phosphoric ester groups is 1. The van der Waals surface area contributed by atoms with Crippen LogP contribution in [-0.2, 0) is 42.2 Å². The Bertz CT molecular complexity index is 1580. The van der Waals surface area contributed by atoms with Gasteiger partial charge in [0.2, 0.25) is 0 Å². The van der Waals surface area contributed by atoms with Crippen LogP contribution < -0.4 is 0 Å². The van der Waals surface area contributed by atoms with Crippen LogP contribution in [0.25, 0.3) is 0 Å². The first-order chi connectivity index (χ1) is 35.2. The molecule has 0 spiro atoms. The van der Waals surface area contributed by atoms with E-state index in [1.807, 2.05) is 12.2 Å². The first-order valence-electron chi connectivity index (χ1n) is 28.1. The summed E-state index contributed by atoms with van der Waals surface area (Å²) in [5, 5.41) is 9.76. The minimum atomic E-state index is -4.77. The molecule has 0 radical (unpaired) electrons. The zero-order valence-corrected chi connectivity index (χ0v) is 46.3. The quantitative estimate of drug-likeness (QED) is 0.0197. The van der Waals surface area contributed by atoms with Crippen molar-refractivity contribution in [3.05, 3.63) is 97.2 Å². The van der Waals surface area contributed by atoms with Crippen molar-refractivity contribution < 1.29 is 52.2 Å². The predicted octanol–water partition coefficient (Wildman–Crippen LogP) is 16.5. The molecule has 0 aliphatic rings. The minimum absolute atomic E-state index is 0.0377. The molecule has 0 saturated heterocycles. The highest BCUT2D eigenvalue weighted by molar-refractivity contribution is 7.47. The third-order valence-electron chi connectivity index (χ3n) is 11.5. The van der Waals surface area contributed by atoms with Crippen LogP contribution in [0.5, 0.6) is 0 Å². The van der Waals surface area contributed by atoms with E-state index in [1.165, 1.54) is 70.6 Å². The van der Waals surface area contributed by atoms with Crippen LogP contribution >= 0.6 is 7.82 Å². The predicted molar refractivity (Wildman–Crippen MR) is 297 cm³/mol. The number of unbranched alkanes of at least 4 members (excludes halogenated alkanes) is 18. The first-order valence-corrected chi connectivity index (χ1v) is 29.6. The maximum Gasteiger partial charge on any atom is 0.472 e. The molecule has 412 valence electrons. The van der Waals surface area contributed by atoms with Gasteiger partial charge in [-0.05, 0) is 89.9 Å². The highest BCUT2D eigenvalue weighted by Gasteiger charge is 2.28. The van der Waals surface area contributed by atoms with Crippen molar-refractivity contribution in [2.24, 2.45) is 0 Å². The molecule has 0 aromatic rings. The number of aliphatic hydroxyl groups excluding tert-OH is 1. The lowest BCUT2D eigenvalue weighted by Crippen LogP contribution is -2.30. The van der Waals surface area contributed by atoms with E-state index in [0.29, 0.717) is 25.7 Å². The summed E-state index contributed by atoms with van der Waals surface area (Å²) in [6, 6.07) is 0. The molecular formula is C60H101O11P. The second-order valence-corrected chi connectivity index (χ2v) is 19.8. The van der Waals surface area contributed by atoms with Crippen molar-refractivity contribution in [1.29, 1.82) is 0 Å². The highest BCUT2D eigenvalue weighted by Crippen LogP contribution is 2.43. The number of carbonyl (C=O) groups excluding carboxylic acids is 3. The molecule has 12 heteroatoms. The van der Waals surface area contributed by atoms with Gasteiger partial charge in [-0.25, -0.2) is 4.57 Å². The lowest BCUT2D eigenvalue weighted by atomic mass is 10.1. The van der Waals surface area contributed by atoms with E-state index in [0.717, 1.165) is 89.9 Å². The smallest absolute Gasteiger partial charge is 0.462 e. The maximum atomic E-state index is 12.9. The maximum absolute atomic E-state index is 12.9. The number of rotatable bonds is 51. The second kappa shape index (κ2) is 53.7. The Morgan fingerprint density at radius 1 is 0.403 bits per heavy atom. The Morgan fingerprint density at radius 2 is 0.750 bits per heavy atom.